The molecule has 2 aromatic carbocycles. The summed E-state index contributed by atoms with van der Waals surface area (Å²) < 4.78 is 34.6. The molecule has 0 saturated carbocycles. The molecule has 1 aliphatic heterocycles. The molecule has 1 fully saturated rings. The van der Waals surface area contributed by atoms with Crippen LogP contribution in [0, 0.1) is 11.6 Å². The van der Waals surface area contributed by atoms with Crippen LogP contribution >= 0.6 is 34.5 Å². The molecule has 2 heterocycles. The first-order valence-electron chi connectivity index (χ1n) is 8.92. The summed E-state index contributed by atoms with van der Waals surface area (Å²) in [6.07, 6.45) is -1.34. The van der Waals surface area contributed by atoms with Crippen molar-refractivity contribution in [1.29, 1.82) is 0 Å². The third-order valence-electron chi connectivity index (χ3n) is 5.10. The standard InChI is InChI=1S/C19H16Cl2F2N2O4S/c20-9-5-11(22)16(12(23)6-9)25-4-3-19(28,14(26)7-25)8-29-13-2-1-10(21)15-17(13)30-18(27)24-15/h1-2,5-6,14,26,28H,3-4,7-8H2,(H,24,27)/t14-,19-/m1/s1. The maximum absolute atomic E-state index is 14.2. The van der Waals surface area contributed by atoms with Gasteiger partial charge in [0.05, 0.1) is 15.2 Å². The summed E-state index contributed by atoms with van der Waals surface area (Å²) in [7, 11) is 0. The topological polar surface area (TPSA) is 85.8 Å². The van der Waals surface area contributed by atoms with Gasteiger partial charge < -0.3 is 24.8 Å². The highest BCUT2D eigenvalue weighted by Crippen LogP contribution is 2.35. The van der Waals surface area contributed by atoms with Crippen molar-refractivity contribution < 1.29 is 23.7 Å². The molecule has 0 bridgehead atoms. The quantitative estimate of drug-likeness (QED) is 0.535. The van der Waals surface area contributed by atoms with E-state index in [2.05, 4.69) is 4.98 Å². The summed E-state index contributed by atoms with van der Waals surface area (Å²) >= 11 is 12.6. The van der Waals surface area contributed by atoms with Crippen LogP contribution in [-0.2, 0) is 0 Å². The summed E-state index contributed by atoms with van der Waals surface area (Å²) in [6, 6.07) is 5.10. The Balaban J connectivity index is 1.51. The van der Waals surface area contributed by atoms with E-state index in [1.54, 1.807) is 12.1 Å². The lowest BCUT2D eigenvalue weighted by molar-refractivity contribution is -0.108. The minimum absolute atomic E-state index is 0.00419. The Kier molecular flexibility index (Phi) is 5.67. The smallest absolute Gasteiger partial charge is 0.305 e. The molecular weight excluding hydrogens is 461 g/mol. The fourth-order valence-electron chi connectivity index (χ4n) is 3.47. The van der Waals surface area contributed by atoms with Gasteiger partial charge in [-0.25, -0.2) is 8.78 Å². The molecule has 30 heavy (non-hydrogen) atoms. The van der Waals surface area contributed by atoms with Gasteiger partial charge in [-0.15, -0.1) is 0 Å². The molecule has 1 aromatic heterocycles. The number of aromatic amines is 1. The molecule has 0 amide bonds. The van der Waals surface area contributed by atoms with Crippen molar-refractivity contribution in [2.45, 2.75) is 18.1 Å². The van der Waals surface area contributed by atoms with Gasteiger partial charge in [-0.1, -0.05) is 34.5 Å². The number of anilines is 1. The lowest BCUT2D eigenvalue weighted by atomic mass is 9.89. The Hall–Kier alpha value is -1.91. The fourth-order valence-corrected chi connectivity index (χ4v) is 4.75. The van der Waals surface area contributed by atoms with Gasteiger partial charge in [0.1, 0.15) is 29.7 Å². The van der Waals surface area contributed by atoms with Gasteiger partial charge >= 0.3 is 4.87 Å². The maximum Gasteiger partial charge on any atom is 0.305 e. The molecule has 160 valence electrons. The van der Waals surface area contributed by atoms with Crippen LogP contribution in [0.1, 0.15) is 6.42 Å². The van der Waals surface area contributed by atoms with E-state index in [-0.39, 0.29) is 41.7 Å². The predicted octanol–water partition coefficient (Wildman–Crippen LogP) is 3.56. The number of H-pyrrole nitrogens is 1. The molecule has 2 atom stereocenters. The number of nitrogens with zero attached hydrogens (tertiary/aromatic N) is 1. The SMILES string of the molecule is O=c1[nH]c2c(Cl)ccc(OC[C@]3(O)CCN(c4c(F)cc(Cl)cc4F)C[C@H]3O)c2s1. The number of nitrogens with one attached hydrogen (secondary N) is 1. The van der Waals surface area contributed by atoms with E-state index in [0.29, 0.717) is 21.0 Å². The highest BCUT2D eigenvalue weighted by molar-refractivity contribution is 7.16. The van der Waals surface area contributed by atoms with Gasteiger partial charge in [-0.05, 0) is 30.7 Å². The number of β-amino-alcohol motifs (C(OH)–C–C–N with tert-alkyl or cyclic N) is 1. The van der Waals surface area contributed by atoms with Crippen molar-refractivity contribution in [3.05, 3.63) is 55.6 Å². The third-order valence-corrected chi connectivity index (χ3v) is 6.53. The second kappa shape index (κ2) is 7.97. The van der Waals surface area contributed by atoms with Crippen LogP contribution in [0.2, 0.25) is 10.0 Å². The van der Waals surface area contributed by atoms with Crippen molar-refractivity contribution >= 4 is 50.4 Å². The molecule has 11 heteroatoms. The van der Waals surface area contributed by atoms with Gasteiger partial charge in [-0.2, -0.15) is 0 Å². The third kappa shape index (κ3) is 3.88. The lowest BCUT2D eigenvalue weighted by Crippen LogP contribution is -2.58. The Bertz CT molecular complexity index is 1150. The molecular formula is C19H16Cl2F2N2O4S. The van der Waals surface area contributed by atoms with E-state index in [4.69, 9.17) is 27.9 Å². The number of thiazole rings is 1. The van der Waals surface area contributed by atoms with Gasteiger partial charge in [-0.3, -0.25) is 4.79 Å². The zero-order valence-corrected chi connectivity index (χ0v) is 17.6. The minimum Gasteiger partial charge on any atom is -0.489 e. The monoisotopic (exact) mass is 476 g/mol. The first-order chi connectivity index (χ1) is 14.2. The first kappa shape index (κ1) is 21.3. The van der Waals surface area contributed by atoms with E-state index in [0.717, 1.165) is 23.5 Å². The molecule has 6 nitrogen and oxygen atoms in total. The van der Waals surface area contributed by atoms with Crippen molar-refractivity contribution in [1.82, 2.24) is 4.98 Å². The van der Waals surface area contributed by atoms with Crippen LogP contribution in [0.5, 0.6) is 5.75 Å². The van der Waals surface area contributed by atoms with Crippen LogP contribution in [0.4, 0.5) is 14.5 Å². The summed E-state index contributed by atoms with van der Waals surface area (Å²) in [5, 5.41) is 21.7. The Morgan fingerprint density at radius 1 is 1.30 bits per heavy atom. The number of ether oxygens (including phenoxy) is 1. The first-order valence-corrected chi connectivity index (χ1v) is 10.5. The minimum atomic E-state index is -1.65. The number of hydrogen-bond donors (Lipinski definition) is 3. The number of aliphatic hydroxyl groups is 2. The van der Waals surface area contributed by atoms with Crippen molar-refractivity contribution in [3.8, 4) is 5.75 Å². The normalized spacial score (nSPS) is 21.9. The van der Waals surface area contributed by atoms with Gasteiger partial charge in [0.2, 0.25) is 0 Å². The fraction of sp³-hybridized carbons (Fsp3) is 0.316. The van der Waals surface area contributed by atoms with Gasteiger partial charge in [0.15, 0.2) is 11.6 Å². The Morgan fingerprint density at radius 3 is 2.67 bits per heavy atom. The average Bonchev–Trinajstić information content (AvgIpc) is 3.06. The Morgan fingerprint density at radius 2 is 2.00 bits per heavy atom. The number of halogens is 4. The number of aliphatic hydroxyl groups excluding tert-OH is 1. The van der Waals surface area contributed by atoms with Gasteiger partial charge in [0.25, 0.3) is 0 Å². The summed E-state index contributed by atoms with van der Waals surface area (Å²) in [5.74, 6) is -1.37. The molecule has 0 aliphatic carbocycles. The number of rotatable bonds is 4. The van der Waals surface area contributed by atoms with E-state index in [9.17, 15) is 23.8 Å². The van der Waals surface area contributed by atoms with Crippen molar-refractivity contribution in [3.63, 3.8) is 0 Å². The Labute approximate surface area is 183 Å². The molecule has 0 unspecified atom stereocenters. The van der Waals surface area contributed by atoms with Crippen molar-refractivity contribution in [2.75, 3.05) is 24.6 Å². The van der Waals surface area contributed by atoms with E-state index in [1.807, 2.05) is 0 Å². The molecule has 3 aromatic rings. The summed E-state index contributed by atoms with van der Waals surface area (Å²) in [5.41, 5.74) is -1.53. The number of benzene rings is 2. The number of aromatic nitrogens is 1. The second-order valence-corrected chi connectivity index (χ2v) is 8.91. The summed E-state index contributed by atoms with van der Waals surface area (Å²) in [6.45, 7) is -0.404. The van der Waals surface area contributed by atoms with E-state index < -0.39 is 23.3 Å². The zero-order chi connectivity index (χ0) is 21.6. The molecule has 0 spiro atoms. The molecule has 1 saturated heterocycles. The number of hydrogen-bond acceptors (Lipinski definition) is 6. The van der Waals surface area contributed by atoms with Crippen LogP contribution in [0.15, 0.2) is 29.1 Å². The molecule has 1 aliphatic rings. The zero-order valence-electron chi connectivity index (χ0n) is 15.3. The van der Waals surface area contributed by atoms with E-state index >= 15 is 0 Å². The maximum atomic E-state index is 14.2. The second-order valence-electron chi connectivity index (χ2n) is 7.09. The highest BCUT2D eigenvalue weighted by atomic mass is 35.5. The van der Waals surface area contributed by atoms with Crippen LogP contribution in [-0.4, -0.2) is 46.6 Å². The van der Waals surface area contributed by atoms with Crippen molar-refractivity contribution in [2.24, 2.45) is 0 Å². The van der Waals surface area contributed by atoms with Crippen LogP contribution in [0.25, 0.3) is 10.2 Å². The number of piperidine rings is 1. The number of fused-ring (bicyclic) bond motifs is 1. The molecule has 4 rings (SSSR count). The van der Waals surface area contributed by atoms with Gasteiger partial charge in [0, 0.05) is 18.1 Å². The van der Waals surface area contributed by atoms with E-state index in [1.165, 1.54) is 4.90 Å². The molecule has 3 N–H and O–H groups in total. The van der Waals surface area contributed by atoms with Crippen LogP contribution in [0.3, 0.4) is 0 Å². The largest absolute Gasteiger partial charge is 0.489 e. The molecule has 0 radical (unpaired) electrons. The van der Waals surface area contributed by atoms with Crippen LogP contribution < -0.4 is 14.5 Å². The lowest BCUT2D eigenvalue weighted by Gasteiger charge is -2.42. The predicted molar refractivity (Wildman–Crippen MR) is 112 cm³/mol. The average molecular weight is 477 g/mol. The summed E-state index contributed by atoms with van der Waals surface area (Å²) in [4.78, 5) is 15.3. The highest BCUT2D eigenvalue weighted by Gasteiger charge is 2.42.